The second-order valence-electron chi connectivity index (χ2n) is 5.00. The van der Waals surface area contributed by atoms with Gasteiger partial charge in [-0.2, -0.15) is 0 Å². The van der Waals surface area contributed by atoms with Gasteiger partial charge in [-0.25, -0.2) is 4.79 Å². The highest BCUT2D eigenvalue weighted by Crippen LogP contribution is 2.55. The van der Waals surface area contributed by atoms with Gasteiger partial charge in [-0.3, -0.25) is 5.32 Å². The van der Waals surface area contributed by atoms with Crippen LogP contribution in [0.4, 0.5) is 0 Å². The van der Waals surface area contributed by atoms with Crippen LogP contribution >= 0.6 is 46.6 Å². The molecule has 3 rings (SSSR count). The largest absolute Gasteiger partial charge is 0.467 e. The molecule has 0 aliphatic carbocycles. The second-order valence-corrected chi connectivity index (χ2v) is 7.57. The summed E-state index contributed by atoms with van der Waals surface area (Å²) in [5.41, 5.74) is 0.697. The first-order valence-corrected chi connectivity index (χ1v) is 8.67. The summed E-state index contributed by atoms with van der Waals surface area (Å²) < 4.78 is 4.97. The summed E-state index contributed by atoms with van der Waals surface area (Å²) in [4.78, 5) is 12.3. The molecule has 1 N–H and O–H groups in total. The molecular weight excluding hydrogens is 377 g/mol. The van der Waals surface area contributed by atoms with Gasteiger partial charge < -0.3 is 4.74 Å². The van der Waals surface area contributed by atoms with Crippen LogP contribution in [0.5, 0.6) is 0 Å². The number of esters is 1. The van der Waals surface area contributed by atoms with Gasteiger partial charge in [-0.15, -0.1) is 0 Å². The van der Waals surface area contributed by atoms with Gasteiger partial charge in [-0.1, -0.05) is 52.6 Å². The van der Waals surface area contributed by atoms with Crippen LogP contribution in [0.1, 0.15) is 11.6 Å². The topological polar surface area (TPSA) is 48.2 Å². The molecule has 0 saturated carbocycles. The van der Waals surface area contributed by atoms with Crippen molar-refractivity contribution in [2.24, 2.45) is 0 Å². The molecule has 0 unspecified atom stereocenters. The van der Waals surface area contributed by atoms with Crippen molar-refractivity contribution >= 4 is 52.5 Å². The molecule has 1 fully saturated rings. The van der Waals surface area contributed by atoms with Gasteiger partial charge in [-0.05, 0) is 36.4 Å². The van der Waals surface area contributed by atoms with Crippen molar-refractivity contribution in [2.45, 2.75) is 15.8 Å². The number of thioether (sulfide) groups is 1. The van der Waals surface area contributed by atoms with Crippen LogP contribution in [0.3, 0.4) is 0 Å². The van der Waals surface area contributed by atoms with E-state index in [1.807, 2.05) is 12.1 Å². The maximum atomic E-state index is 12.4. The Morgan fingerprint density at radius 1 is 1.13 bits per heavy atom. The molecule has 0 spiro atoms. The third-order valence-electron chi connectivity index (χ3n) is 3.55. The van der Waals surface area contributed by atoms with Crippen molar-refractivity contribution in [1.29, 1.82) is 0 Å². The number of hydrogen-bond donors (Lipinski definition) is 1. The van der Waals surface area contributed by atoms with Gasteiger partial charge in [0.1, 0.15) is 0 Å². The SMILES string of the molecule is COC(=O)[C@]1(Sc2ccc(Cl)cc2)N[C@@H]1c1c(Cl)cccc1Cl. The minimum atomic E-state index is -0.947. The third kappa shape index (κ3) is 3.19. The number of halogens is 3. The van der Waals surface area contributed by atoms with Crippen molar-refractivity contribution in [2.75, 3.05) is 7.11 Å². The van der Waals surface area contributed by atoms with Crippen molar-refractivity contribution in [3.63, 3.8) is 0 Å². The van der Waals surface area contributed by atoms with Gasteiger partial charge in [0.2, 0.25) is 0 Å². The van der Waals surface area contributed by atoms with Crippen molar-refractivity contribution < 1.29 is 9.53 Å². The van der Waals surface area contributed by atoms with E-state index in [1.54, 1.807) is 30.3 Å². The molecule has 0 aromatic heterocycles. The van der Waals surface area contributed by atoms with E-state index in [1.165, 1.54) is 18.9 Å². The fourth-order valence-corrected chi connectivity index (χ4v) is 4.35. The Labute approximate surface area is 153 Å². The minimum Gasteiger partial charge on any atom is -0.467 e. The van der Waals surface area contributed by atoms with E-state index in [9.17, 15) is 4.79 Å². The van der Waals surface area contributed by atoms with Gasteiger partial charge in [0.05, 0.1) is 13.2 Å². The molecule has 120 valence electrons. The summed E-state index contributed by atoms with van der Waals surface area (Å²) in [6.07, 6.45) is 0. The first kappa shape index (κ1) is 16.9. The minimum absolute atomic E-state index is 0.322. The summed E-state index contributed by atoms with van der Waals surface area (Å²) in [6, 6.07) is 12.2. The molecule has 3 nitrogen and oxygen atoms in total. The molecule has 7 heteroatoms. The molecular formula is C16H12Cl3NO2S. The lowest BCUT2D eigenvalue weighted by molar-refractivity contribution is -0.141. The van der Waals surface area contributed by atoms with Crippen LogP contribution in [0.25, 0.3) is 0 Å². The van der Waals surface area contributed by atoms with Crippen molar-refractivity contribution in [3.8, 4) is 0 Å². The molecule has 1 saturated heterocycles. The molecule has 0 amide bonds. The first-order chi connectivity index (χ1) is 11.0. The lowest BCUT2D eigenvalue weighted by atomic mass is 10.1. The van der Waals surface area contributed by atoms with E-state index in [0.29, 0.717) is 20.6 Å². The van der Waals surface area contributed by atoms with E-state index in [2.05, 4.69) is 5.32 Å². The van der Waals surface area contributed by atoms with Gasteiger partial charge in [0, 0.05) is 25.5 Å². The fourth-order valence-electron chi connectivity index (χ4n) is 2.38. The molecule has 2 aromatic carbocycles. The Hall–Kier alpha value is -0.910. The Bertz CT molecular complexity index is 733. The summed E-state index contributed by atoms with van der Waals surface area (Å²) in [5, 5.41) is 4.84. The monoisotopic (exact) mass is 387 g/mol. The molecule has 1 heterocycles. The van der Waals surface area contributed by atoms with E-state index < -0.39 is 4.87 Å². The highest BCUT2D eigenvalue weighted by molar-refractivity contribution is 8.01. The number of nitrogens with one attached hydrogen (secondary N) is 1. The summed E-state index contributed by atoms with van der Waals surface area (Å²) in [7, 11) is 1.36. The third-order valence-corrected chi connectivity index (χ3v) is 5.81. The number of methoxy groups -OCH3 is 1. The lowest BCUT2D eigenvalue weighted by Gasteiger charge is -2.14. The Morgan fingerprint density at radius 2 is 1.74 bits per heavy atom. The zero-order chi connectivity index (χ0) is 16.6. The van der Waals surface area contributed by atoms with Crippen LogP contribution in [0, 0.1) is 0 Å². The lowest BCUT2D eigenvalue weighted by Crippen LogP contribution is -2.26. The Morgan fingerprint density at radius 3 is 2.30 bits per heavy atom. The fraction of sp³-hybridized carbons (Fsp3) is 0.188. The number of benzene rings is 2. The van der Waals surface area contributed by atoms with Crippen molar-refractivity contribution in [3.05, 3.63) is 63.1 Å². The number of carbonyl (C=O) groups excluding carboxylic acids is 1. The van der Waals surface area contributed by atoms with Crippen LogP contribution in [0.2, 0.25) is 15.1 Å². The number of hydrogen-bond acceptors (Lipinski definition) is 4. The van der Waals surface area contributed by atoms with Gasteiger partial charge in [0.25, 0.3) is 0 Å². The number of ether oxygens (including phenoxy) is 1. The quantitative estimate of drug-likeness (QED) is 0.594. The zero-order valence-electron chi connectivity index (χ0n) is 12.0. The van der Waals surface area contributed by atoms with Gasteiger partial charge >= 0.3 is 5.97 Å². The smallest absolute Gasteiger partial charge is 0.339 e. The molecule has 2 aromatic rings. The van der Waals surface area contributed by atoms with Crippen LogP contribution in [0.15, 0.2) is 47.4 Å². The molecule has 2 atom stereocenters. The van der Waals surface area contributed by atoms with Crippen LogP contribution in [-0.2, 0) is 9.53 Å². The normalized spacial score (nSPS) is 22.7. The average Bonchev–Trinajstić information content (AvgIpc) is 3.23. The summed E-state index contributed by atoms with van der Waals surface area (Å²) >= 11 is 19.8. The Kier molecular flexibility index (Phi) is 4.81. The predicted molar refractivity (Wildman–Crippen MR) is 94.4 cm³/mol. The average molecular weight is 389 g/mol. The molecule has 0 bridgehead atoms. The summed E-state index contributed by atoms with van der Waals surface area (Å²) in [6.45, 7) is 0. The molecule has 1 aliphatic heterocycles. The van der Waals surface area contributed by atoms with Crippen molar-refractivity contribution in [1.82, 2.24) is 5.32 Å². The van der Waals surface area contributed by atoms with E-state index in [-0.39, 0.29) is 12.0 Å². The highest BCUT2D eigenvalue weighted by Gasteiger charge is 2.63. The van der Waals surface area contributed by atoms with E-state index in [4.69, 9.17) is 39.5 Å². The summed E-state index contributed by atoms with van der Waals surface area (Å²) in [5.74, 6) is -0.376. The maximum absolute atomic E-state index is 12.4. The Balaban J connectivity index is 1.95. The predicted octanol–water partition coefficient (Wildman–Crippen LogP) is 4.95. The van der Waals surface area contributed by atoms with Crippen LogP contribution in [-0.4, -0.2) is 18.0 Å². The van der Waals surface area contributed by atoms with Crippen LogP contribution < -0.4 is 5.32 Å². The number of carbonyl (C=O) groups is 1. The highest BCUT2D eigenvalue weighted by atomic mass is 35.5. The van der Waals surface area contributed by atoms with Gasteiger partial charge in [0.15, 0.2) is 4.87 Å². The standard InChI is InChI=1S/C16H12Cl3NO2S/c1-22-15(21)16(23-10-7-5-9(17)6-8-10)14(20-16)13-11(18)3-2-4-12(13)19/h2-8,14,20H,1H3/t14-,16+/m1/s1. The van der Waals surface area contributed by atoms with E-state index >= 15 is 0 Å². The molecule has 1 aliphatic rings. The number of rotatable bonds is 4. The second kappa shape index (κ2) is 6.54. The molecule has 23 heavy (non-hydrogen) atoms. The maximum Gasteiger partial charge on any atom is 0.339 e. The zero-order valence-corrected chi connectivity index (χ0v) is 15.1. The first-order valence-electron chi connectivity index (χ1n) is 6.72. The van der Waals surface area contributed by atoms with E-state index in [0.717, 1.165) is 4.90 Å². The molecule has 0 radical (unpaired) electrons.